The number of rotatable bonds is 3. The summed E-state index contributed by atoms with van der Waals surface area (Å²) in [6.07, 6.45) is 13.9. The van der Waals surface area contributed by atoms with E-state index in [-0.39, 0.29) is 5.57 Å². The Morgan fingerprint density at radius 2 is 1.70 bits per heavy atom. The van der Waals surface area contributed by atoms with Crippen molar-refractivity contribution in [1.29, 1.82) is 10.5 Å². The monoisotopic (exact) mass is 397 g/mol. The van der Waals surface area contributed by atoms with E-state index < -0.39 is 0 Å². The number of allylic oxidation sites excluding steroid dienone is 6. The molecule has 0 aromatic heterocycles. The number of hydrogen-bond acceptors (Lipinski definition) is 4. The van der Waals surface area contributed by atoms with Crippen molar-refractivity contribution in [1.82, 2.24) is 0 Å². The van der Waals surface area contributed by atoms with Gasteiger partial charge in [-0.2, -0.15) is 10.5 Å². The molecule has 4 nitrogen and oxygen atoms in total. The van der Waals surface area contributed by atoms with Crippen LogP contribution >= 0.6 is 0 Å². The minimum atomic E-state index is 0.0919. The summed E-state index contributed by atoms with van der Waals surface area (Å²) in [4.78, 5) is 2.67. The Morgan fingerprint density at radius 1 is 1.03 bits per heavy atom. The summed E-state index contributed by atoms with van der Waals surface area (Å²) in [5.74, 6) is 2.12. The van der Waals surface area contributed by atoms with E-state index in [4.69, 9.17) is 15.3 Å². The first-order valence-electron chi connectivity index (χ1n) is 10.8. The highest BCUT2D eigenvalue weighted by molar-refractivity contribution is 5.60. The quantitative estimate of drug-likeness (QED) is 0.585. The smallest absolute Gasteiger partial charge is 0.137 e. The molecule has 2 saturated heterocycles. The van der Waals surface area contributed by atoms with Crippen molar-refractivity contribution in [2.24, 2.45) is 5.92 Å². The maximum atomic E-state index is 9.11. The van der Waals surface area contributed by atoms with Crippen molar-refractivity contribution in [2.45, 2.75) is 58.0 Å². The SMILES string of the molecule is CC1=CC(=C(C#N)C#N)C=C(C=Cc2ccc(N3C4CCCC3CC(C)C4)cc2)O1. The number of benzene rings is 1. The molecule has 0 N–H and O–H groups in total. The van der Waals surface area contributed by atoms with Gasteiger partial charge in [0, 0.05) is 23.3 Å². The van der Waals surface area contributed by atoms with E-state index in [9.17, 15) is 0 Å². The lowest BCUT2D eigenvalue weighted by atomic mass is 9.79. The van der Waals surface area contributed by atoms with Crippen molar-refractivity contribution >= 4 is 11.8 Å². The third-order valence-corrected chi connectivity index (χ3v) is 6.29. The second-order valence-corrected chi connectivity index (χ2v) is 8.60. The Labute approximate surface area is 179 Å². The van der Waals surface area contributed by atoms with Gasteiger partial charge in [-0.1, -0.05) is 25.1 Å². The van der Waals surface area contributed by atoms with Gasteiger partial charge in [0.25, 0.3) is 0 Å². The molecule has 0 spiro atoms. The number of nitriles is 2. The van der Waals surface area contributed by atoms with Crippen LogP contribution in [0, 0.1) is 28.6 Å². The van der Waals surface area contributed by atoms with E-state index in [1.165, 1.54) is 37.8 Å². The molecule has 0 saturated carbocycles. The van der Waals surface area contributed by atoms with Gasteiger partial charge < -0.3 is 9.64 Å². The molecule has 2 bridgehead atoms. The predicted molar refractivity (Wildman–Crippen MR) is 119 cm³/mol. The summed E-state index contributed by atoms with van der Waals surface area (Å²) in [6.45, 7) is 4.21. The predicted octanol–water partition coefficient (Wildman–Crippen LogP) is 6.02. The van der Waals surface area contributed by atoms with Crippen LogP contribution in [-0.4, -0.2) is 12.1 Å². The zero-order valence-corrected chi connectivity index (χ0v) is 17.6. The minimum Gasteiger partial charge on any atom is -0.462 e. The largest absolute Gasteiger partial charge is 0.462 e. The Balaban J connectivity index is 1.50. The first-order chi connectivity index (χ1) is 14.6. The fraction of sp³-hybridized carbons (Fsp3) is 0.385. The van der Waals surface area contributed by atoms with E-state index in [0.717, 1.165) is 11.5 Å². The summed E-state index contributed by atoms with van der Waals surface area (Å²) < 4.78 is 5.73. The summed E-state index contributed by atoms with van der Waals surface area (Å²) in [7, 11) is 0. The molecule has 2 fully saturated rings. The molecule has 1 aromatic rings. The van der Waals surface area contributed by atoms with Gasteiger partial charge in [0.05, 0.1) is 0 Å². The molecule has 0 aliphatic carbocycles. The maximum absolute atomic E-state index is 9.11. The van der Waals surface area contributed by atoms with Gasteiger partial charge >= 0.3 is 0 Å². The molecule has 4 rings (SSSR count). The van der Waals surface area contributed by atoms with Gasteiger partial charge in [0.2, 0.25) is 0 Å². The van der Waals surface area contributed by atoms with E-state index in [1.807, 2.05) is 31.2 Å². The van der Waals surface area contributed by atoms with Crippen molar-refractivity contribution in [3.8, 4) is 12.1 Å². The lowest BCUT2D eigenvalue weighted by Gasteiger charge is -2.50. The summed E-state index contributed by atoms with van der Waals surface area (Å²) in [5.41, 5.74) is 3.11. The van der Waals surface area contributed by atoms with E-state index in [1.54, 1.807) is 12.2 Å². The van der Waals surface area contributed by atoms with Gasteiger partial charge in [0.1, 0.15) is 29.2 Å². The Kier molecular flexibility index (Phi) is 5.77. The average molecular weight is 398 g/mol. The van der Waals surface area contributed by atoms with Crippen molar-refractivity contribution in [2.75, 3.05) is 4.90 Å². The third kappa shape index (κ3) is 4.19. The average Bonchev–Trinajstić information content (AvgIpc) is 2.73. The first kappa shape index (κ1) is 20.0. The van der Waals surface area contributed by atoms with Gasteiger partial charge in [-0.15, -0.1) is 0 Å². The zero-order chi connectivity index (χ0) is 21.1. The third-order valence-electron chi connectivity index (χ3n) is 6.29. The molecule has 1 aromatic carbocycles. The topological polar surface area (TPSA) is 60.0 Å². The van der Waals surface area contributed by atoms with Crippen LogP contribution in [0.15, 0.2) is 65.2 Å². The van der Waals surface area contributed by atoms with Crippen molar-refractivity contribution in [3.63, 3.8) is 0 Å². The molecule has 0 radical (unpaired) electrons. The highest BCUT2D eigenvalue weighted by atomic mass is 16.5. The number of piperidine rings is 2. The van der Waals surface area contributed by atoms with Crippen LogP contribution in [0.4, 0.5) is 5.69 Å². The number of anilines is 1. The van der Waals surface area contributed by atoms with Crippen LogP contribution in [0.2, 0.25) is 0 Å². The summed E-state index contributed by atoms with van der Waals surface area (Å²) in [5, 5.41) is 18.2. The number of nitrogens with zero attached hydrogens (tertiary/aromatic N) is 3. The standard InChI is InChI=1S/C26H27N3O/c1-18-12-24-4-3-5-25(13-18)29(24)23-9-6-20(7-10-23)8-11-26-15-21(14-19(2)30-26)22(16-27)17-28/h6-11,14-15,18,24-25H,3-5,12-13H2,1-2H3. The highest BCUT2D eigenvalue weighted by Gasteiger charge is 2.36. The van der Waals surface area contributed by atoms with Crippen LogP contribution in [-0.2, 0) is 4.74 Å². The lowest BCUT2D eigenvalue weighted by Crippen LogP contribution is -2.51. The lowest BCUT2D eigenvalue weighted by molar-refractivity contribution is 0.241. The summed E-state index contributed by atoms with van der Waals surface area (Å²) in [6, 6.07) is 14.0. The van der Waals surface area contributed by atoms with Gasteiger partial charge in [0.15, 0.2) is 0 Å². The Bertz CT molecular complexity index is 984. The maximum Gasteiger partial charge on any atom is 0.137 e. The fourth-order valence-electron chi connectivity index (χ4n) is 5.05. The van der Waals surface area contributed by atoms with Gasteiger partial charge in [-0.05, 0) is 80.9 Å². The van der Waals surface area contributed by atoms with Gasteiger partial charge in [-0.3, -0.25) is 0 Å². The molecule has 152 valence electrons. The molecule has 30 heavy (non-hydrogen) atoms. The molecular weight excluding hydrogens is 370 g/mol. The van der Waals surface area contributed by atoms with Crippen LogP contribution in [0.25, 0.3) is 6.08 Å². The van der Waals surface area contributed by atoms with Crippen LogP contribution in [0.1, 0.15) is 51.5 Å². The Morgan fingerprint density at radius 3 is 2.33 bits per heavy atom. The van der Waals surface area contributed by atoms with E-state index in [2.05, 4.69) is 36.1 Å². The molecule has 2 atom stereocenters. The Hall–Kier alpha value is -3.24. The summed E-state index contributed by atoms with van der Waals surface area (Å²) >= 11 is 0. The molecule has 4 heteroatoms. The normalized spacial score (nSPS) is 25.7. The first-order valence-corrected chi connectivity index (χ1v) is 10.8. The minimum absolute atomic E-state index is 0.0919. The van der Waals surface area contributed by atoms with E-state index >= 15 is 0 Å². The van der Waals surface area contributed by atoms with Crippen LogP contribution < -0.4 is 4.90 Å². The van der Waals surface area contributed by atoms with Gasteiger partial charge in [-0.25, -0.2) is 0 Å². The second-order valence-electron chi connectivity index (χ2n) is 8.60. The van der Waals surface area contributed by atoms with Crippen LogP contribution in [0.5, 0.6) is 0 Å². The molecular formula is C26H27N3O. The number of fused-ring (bicyclic) bond motifs is 2. The second kappa shape index (κ2) is 8.64. The van der Waals surface area contributed by atoms with Crippen molar-refractivity contribution < 1.29 is 4.74 Å². The fourth-order valence-corrected chi connectivity index (χ4v) is 5.05. The number of ether oxygens (including phenoxy) is 1. The molecule has 3 aliphatic heterocycles. The number of hydrogen-bond donors (Lipinski definition) is 0. The van der Waals surface area contributed by atoms with E-state index in [0.29, 0.717) is 29.2 Å². The molecule has 2 unspecified atom stereocenters. The molecule has 0 amide bonds. The molecule has 3 aliphatic rings. The van der Waals surface area contributed by atoms with Crippen LogP contribution in [0.3, 0.4) is 0 Å². The van der Waals surface area contributed by atoms with Crippen molar-refractivity contribution in [3.05, 3.63) is 70.7 Å². The zero-order valence-electron chi connectivity index (χ0n) is 17.6. The molecule has 3 heterocycles. The highest BCUT2D eigenvalue weighted by Crippen LogP contribution is 2.40.